The van der Waals surface area contributed by atoms with Crippen molar-refractivity contribution < 1.29 is 24.5 Å². The molecule has 8 aromatic carbocycles. The van der Waals surface area contributed by atoms with Crippen LogP contribution < -0.4 is 32.7 Å². The highest BCUT2D eigenvalue weighted by molar-refractivity contribution is 9.10. The number of carbonyl (C=O) groups excluding carboxylic acids is 1. The number of nitrogens with two attached hydrogens (primary N) is 2. The SMILES string of the molecule is CCS.CNC(C)CN.CNC(C)CNc1c(C)sc2ccc3nc(C)ccc3c12.COC(=O)c1c(C)ccc2nc(C)ccc12.Cc1ccc2c(Br)c(C)ccc2n1.Cc1ccc2c(C(=O)O)c(C)ccc2n1.Cc1ccc2c(ccc3sc(C)c(C)c32)n1.Cc1ccc2c(ccc3sc(C)c(NCC(C)N)c32)n1.Cc1ccc2c(ccc3sc(C)c(O)c32)n1.Cc1ccc2nc(C)ccc2c1. The summed E-state index contributed by atoms with van der Waals surface area (Å²) in [6.45, 7) is 45.1. The van der Waals surface area contributed by atoms with Gasteiger partial charge in [0.15, 0.2) is 0 Å². The summed E-state index contributed by atoms with van der Waals surface area (Å²) in [6, 6.07) is 68.5. The van der Waals surface area contributed by atoms with Crippen LogP contribution in [0.4, 0.5) is 11.4 Å². The minimum atomic E-state index is -0.899. The first-order valence-electron chi connectivity index (χ1n) is 46.0. The standard InChI is InChI=1S/C17H21N3S.C16H19N3S.C14H13NS.C13H13NO2.C13H11NOS.C12H11NO2.C11H10BrN.C11H11N.C4H12N2.C2H6S/c1-10-5-6-13-14(20-10)7-8-15-16(13)17(12(3)21-15)19-9-11(2)18-4;1-9(17)8-18-16-11(3)20-14-7-6-13-12(15(14)16)5-4-10(2)19-13;1-8-4-5-11-12(15-8)6-7-13-14(11)9(2)10(3)16-13;1-8-4-7-11-10(6-5-9(2)14-11)12(8)13(15)16-3;1-7-3-4-9-10(14-7)5-6-11-12(9)13(15)8(2)16-11;1-7-3-6-10-9(11(7)12(14)15)5-4-8(2)13-10;1-7-3-6-10-9(11(7)12)5-4-8(2)13-10;1-8-3-6-11-10(7-8)5-4-9(2)12-11;1-4(3-5)6-2;1-2-3/h5-8,11,18-19H,9H2,1-4H3;4-7,9,18H,8,17H2,1-3H3;2*4-7H,1-3H3;3-6,15H,1-2H3;3-6H,1-2H3,(H,14,15);3-6H,1-2H3;3-7H,1-2H3;4,6H,3,5H2,1-2H3;3H,2H2,1H3. The molecule has 0 aliphatic heterocycles. The van der Waals surface area contributed by atoms with Gasteiger partial charge in [0.2, 0.25) is 0 Å². The lowest BCUT2D eigenvalue weighted by Crippen LogP contribution is -2.29. The first-order chi connectivity index (χ1) is 65.9. The number of carboxylic acids is 1. The summed E-state index contributed by atoms with van der Waals surface area (Å²) in [7, 11) is 5.28. The third-order valence-electron chi connectivity index (χ3n) is 23.3. The summed E-state index contributed by atoms with van der Waals surface area (Å²) >= 11 is 14.5. The molecule has 0 fully saturated rings. The van der Waals surface area contributed by atoms with Crippen LogP contribution in [0.1, 0.15) is 141 Å². The van der Waals surface area contributed by atoms with E-state index in [9.17, 15) is 14.7 Å². The summed E-state index contributed by atoms with van der Waals surface area (Å²) in [5, 5.41) is 46.2. The molecule has 0 spiro atoms. The van der Waals surface area contributed by atoms with Crippen LogP contribution in [-0.4, -0.2) is 127 Å². The van der Waals surface area contributed by atoms with Crippen LogP contribution in [-0.2, 0) is 4.74 Å². The van der Waals surface area contributed by atoms with Gasteiger partial charge < -0.3 is 47.7 Å². The maximum absolute atomic E-state index is 11.7. The van der Waals surface area contributed by atoms with Crippen molar-refractivity contribution in [3.05, 3.63) is 309 Å². The van der Waals surface area contributed by atoms with E-state index in [0.717, 1.165) is 156 Å². The van der Waals surface area contributed by atoms with Crippen LogP contribution in [0, 0.1) is 118 Å². The number of fused-ring (bicyclic) bond motifs is 16. The molecule has 10 N–H and O–H groups in total. The van der Waals surface area contributed by atoms with Crippen LogP contribution >= 0.6 is 73.9 Å². The number of thiophene rings is 4. The van der Waals surface area contributed by atoms with Crippen molar-refractivity contribution in [2.24, 2.45) is 11.5 Å². The molecular weight excluding hydrogens is 1870 g/mol. The van der Waals surface area contributed by atoms with Gasteiger partial charge in [0, 0.05) is 191 Å². The van der Waals surface area contributed by atoms with Gasteiger partial charge in [0.05, 0.1) is 73.7 Å². The summed E-state index contributed by atoms with van der Waals surface area (Å²) in [5.41, 5.74) is 36.1. The molecule has 25 heteroatoms. The Hall–Kier alpha value is -12.1. The van der Waals surface area contributed by atoms with Gasteiger partial charge in [0.1, 0.15) is 5.75 Å². The van der Waals surface area contributed by atoms with Crippen LogP contribution in [0.2, 0.25) is 0 Å². The zero-order valence-corrected chi connectivity index (χ0v) is 89.2. The third kappa shape index (κ3) is 26.5. The van der Waals surface area contributed by atoms with E-state index in [1.54, 1.807) is 24.3 Å². The number of methoxy groups -OCH3 is 1. The predicted octanol–water partition coefficient (Wildman–Crippen LogP) is 28.2. The Morgan fingerprint density at radius 2 is 0.717 bits per heavy atom. The first-order valence-corrected chi connectivity index (χ1v) is 50.7. The maximum Gasteiger partial charge on any atom is 0.338 e. The number of nitrogens with zero attached hydrogens (tertiary/aromatic N) is 8. The zero-order valence-electron chi connectivity index (χ0n) is 83.4. The highest BCUT2D eigenvalue weighted by atomic mass is 79.9. The Morgan fingerprint density at radius 3 is 1.12 bits per heavy atom. The van der Waals surface area contributed by atoms with Gasteiger partial charge in [-0.3, -0.25) is 39.9 Å². The number of carboxylic acid groups (broad SMARTS) is 1. The van der Waals surface area contributed by atoms with Gasteiger partial charge in [-0.05, 0) is 330 Å². The lowest BCUT2D eigenvalue weighted by Gasteiger charge is -2.13. The van der Waals surface area contributed by atoms with Crippen molar-refractivity contribution in [2.75, 3.05) is 57.2 Å². The van der Waals surface area contributed by atoms with Gasteiger partial charge in [-0.25, -0.2) is 9.59 Å². The molecule has 3 atom stereocenters. The van der Waals surface area contributed by atoms with Crippen LogP contribution in [0.3, 0.4) is 0 Å². The Balaban J connectivity index is 0.000000150. The first kappa shape index (κ1) is 106. The van der Waals surface area contributed by atoms with Crippen molar-refractivity contribution in [3.8, 4) is 5.75 Å². The fourth-order valence-corrected chi connectivity index (χ4v) is 20.2. The average molecular weight is 2000 g/mol. The van der Waals surface area contributed by atoms with Gasteiger partial charge in [0.25, 0.3) is 0 Å². The number of hydrogen-bond donors (Lipinski definition) is 9. The number of likely N-dealkylation sites (N-methyl/N-ethyl adjacent to an activating group) is 2. The summed E-state index contributed by atoms with van der Waals surface area (Å²) < 4.78 is 11.0. The number of halogens is 1. The smallest absolute Gasteiger partial charge is 0.338 e. The fraction of sp³-hybridized carbons (Fsp3) is 0.274. The molecule has 716 valence electrons. The second-order valence-corrected chi connectivity index (χ2v) is 41.0. The number of esters is 1. The Bertz CT molecular complexity index is 7600. The van der Waals surface area contributed by atoms with Crippen molar-refractivity contribution in [1.29, 1.82) is 0 Å². The number of carbonyl (C=O) groups is 2. The van der Waals surface area contributed by atoms with E-state index in [2.05, 4.69) is 253 Å². The number of pyridine rings is 8. The second kappa shape index (κ2) is 48.9. The molecule has 0 aliphatic carbocycles. The second-order valence-electron chi connectivity index (χ2n) is 34.6. The van der Waals surface area contributed by atoms with Crippen LogP contribution in [0.15, 0.2) is 205 Å². The number of benzene rings is 8. The highest BCUT2D eigenvalue weighted by Crippen LogP contribution is 2.44. The Kier molecular flexibility index (Phi) is 37.7. The lowest BCUT2D eigenvalue weighted by molar-refractivity contribution is 0.0601. The Morgan fingerprint density at radius 1 is 0.399 bits per heavy atom. The molecule has 0 aliphatic rings. The number of thiol groups is 1. The molecular formula is C113H127BrN14O5S5. The topological polar surface area (TPSA) is 287 Å². The largest absolute Gasteiger partial charge is 0.506 e. The number of aromatic hydroxyl groups is 1. The van der Waals surface area contributed by atoms with Gasteiger partial charge in [-0.1, -0.05) is 79.2 Å². The van der Waals surface area contributed by atoms with Crippen molar-refractivity contribution >= 4 is 225 Å². The van der Waals surface area contributed by atoms with E-state index < -0.39 is 5.97 Å². The quantitative estimate of drug-likeness (QED) is 0.0430. The number of aryl methyl sites for hydroxylation is 17. The molecule has 138 heavy (non-hydrogen) atoms. The molecule has 0 bridgehead atoms. The fourth-order valence-electron chi connectivity index (χ4n) is 15.6. The highest BCUT2D eigenvalue weighted by Gasteiger charge is 2.20. The zero-order chi connectivity index (χ0) is 100. The summed E-state index contributed by atoms with van der Waals surface area (Å²) in [6.07, 6.45) is 0. The molecule has 0 radical (unpaired) electrons. The summed E-state index contributed by atoms with van der Waals surface area (Å²) in [4.78, 5) is 63.7. The summed E-state index contributed by atoms with van der Waals surface area (Å²) in [5.74, 6) is 0.133. The molecule has 0 saturated heterocycles. The van der Waals surface area contributed by atoms with E-state index in [0.29, 0.717) is 34.3 Å². The van der Waals surface area contributed by atoms with Crippen molar-refractivity contribution in [2.45, 2.75) is 164 Å². The van der Waals surface area contributed by atoms with Crippen molar-refractivity contribution in [3.63, 3.8) is 0 Å². The number of hydrogen-bond acceptors (Lipinski definition) is 23. The number of rotatable bonds is 11. The number of aromatic carboxylic acids is 1. The number of ether oxygens (including phenoxy) is 1. The average Bonchev–Trinajstić information content (AvgIpc) is 1.63. The number of nitrogens with one attached hydrogen (secondary N) is 4. The Labute approximate surface area is 839 Å². The number of aromatic nitrogens is 8. The minimum Gasteiger partial charge on any atom is -0.506 e. The van der Waals surface area contributed by atoms with E-state index in [1.807, 2.05) is 217 Å². The normalized spacial score (nSPS) is 11.5. The predicted molar refractivity (Wildman–Crippen MR) is 600 cm³/mol. The van der Waals surface area contributed by atoms with Crippen LogP contribution in [0.5, 0.6) is 5.75 Å². The van der Waals surface area contributed by atoms with Gasteiger partial charge >= 0.3 is 11.9 Å². The lowest BCUT2D eigenvalue weighted by atomic mass is 10.0. The minimum absolute atomic E-state index is 0.139. The van der Waals surface area contributed by atoms with Gasteiger partial charge in [-0.2, -0.15) is 12.6 Å². The molecule has 0 saturated carbocycles. The van der Waals surface area contributed by atoms with E-state index in [1.165, 1.54) is 107 Å². The molecule has 19 nitrogen and oxygen atoms in total. The van der Waals surface area contributed by atoms with E-state index >= 15 is 0 Å². The molecule has 0 amide bonds. The van der Waals surface area contributed by atoms with E-state index in [4.69, 9.17) is 21.3 Å². The monoisotopic (exact) mass is 2000 g/mol. The molecule has 20 rings (SSSR count). The van der Waals surface area contributed by atoms with Crippen molar-refractivity contribution in [1.82, 2.24) is 50.5 Å². The maximum atomic E-state index is 11.7. The van der Waals surface area contributed by atoms with Crippen LogP contribution in [0.25, 0.3) is 128 Å². The van der Waals surface area contributed by atoms with E-state index in [-0.39, 0.29) is 12.0 Å². The van der Waals surface area contributed by atoms with Gasteiger partial charge in [-0.15, -0.1) is 45.3 Å². The molecule has 20 aromatic rings. The molecule has 12 heterocycles. The molecule has 12 aromatic heterocycles. The molecule has 3 unspecified atom stereocenters. The number of anilines is 2. The third-order valence-corrected chi connectivity index (χ3v) is 28.7.